The number of carbonyl (C=O) groups excluding carboxylic acids is 2. The topological polar surface area (TPSA) is 72.2 Å². The van der Waals surface area contributed by atoms with Gasteiger partial charge in [-0.3, -0.25) is 10.1 Å². The number of nitrogens with two attached hydrogens (primary N) is 1. The van der Waals surface area contributed by atoms with Gasteiger partial charge < -0.3 is 5.73 Å². The summed E-state index contributed by atoms with van der Waals surface area (Å²) in [6.45, 7) is 7.88. The predicted molar refractivity (Wildman–Crippen MR) is 48.8 cm³/mol. The van der Waals surface area contributed by atoms with Crippen LogP contribution in [0.3, 0.4) is 0 Å². The van der Waals surface area contributed by atoms with E-state index in [0.717, 1.165) is 0 Å². The van der Waals surface area contributed by atoms with Crippen molar-refractivity contribution in [2.45, 2.75) is 27.7 Å². The second-order valence-electron chi connectivity index (χ2n) is 4.46. The van der Waals surface area contributed by atoms with Gasteiger partial charge in [-0.05, 0) is 18.3 Å². The Balaban J connectivity index is 2.75. The van der Waals surface area contributed by atoms with Gasteiger partial charge in [-0.25, -0.2) is 4.79 Å². The Morgan fingerprint density at radius 3 is 1.92 bits per heavy atom. The first-order chi connectivity index (χ1) is 5.74. The summed E-state index contributed by atoms with van der Waals surface area (Å²) < 4.78 is 0. The summed E-state index contributed by atoms with van der Waals surface area (Å²) in [7, 11) is 0. The van der Waals surface area contributed by atoms with E-state index in [0.29, 0.717) is 0 Å². The highest BCUT2D eigenvalue weighted by Crippen LogP contribution is 2.68. The molecule has 0 radical (unpaired) electrons. The number of rotatable bonds is 1. The van der Waals surface area contributed by atoms with Gasteiger partial charge in [0.15, 0.2) is 0 Å². The normalized spacial score (nSPS) is 35.2. The van der Waals surface area contributed by atoms with Crippen molar-refractivity contribution < 1.29 is 9.59 Å². The maximum absolute atomic E-state index is 11.6. The van der Waals surface area contributed by atoms with Crippen molar-refractivity contribution in [3.63, 3.8) is 0 Å². The van der Waals surface area contributed by atoms with Crippen molar-refractivity contribution >= 4 is 11.9 Å². The number of carbonyl (C=O) groups is 2. The minimum atomic E-state index is -0.777. The van der Waals surface area contributed by atoms with Gasteiger partial charge in [-0.15, -0.1) is 0 Å². The van der Waals surface area contributed by atoms with Crippen molar-refractivity contribution in [1.82, 2.24) is 5.32 Å². The van der Waals surface area contributed by atoms with E-state index in [9.17, 15) is 9.59 Å². The second-order valence-corrected chi connectivity index (χ2v) is 4.46. The largest absolute Gasteiger partial charge is 0.351 e. The lowest BCUT2D eigenvalue weighted by molar-refractivity contribution is -0.125. The zero-order valence-electron chi connectivity index (χ0n) is 8.47. The molecule has 2 atom stereocenters. The molecule has 1 saturated carbocycles. The SMILES string of the molecule is CC1C(C)(C)C1(C)C(=O)NC(N)=O. The van der Waals surface area contributed by atoms with Crippen LogP contribution in [0.25, 0.3) is 0 Å². The fraction of sp³-hybridized carbons (Fsp3) is 0.778. The Labute approximate surface area is 77.9 Å². The minimum absolute atomic E-state index is 0.0491. The summed E-state index contributed by atoms with van der Waals surface area (Å²) in [4.78, 5) is 22.0. The van der Waals surface area contributed by atoms with Crippen molar-refractivity contribution in [2.24, 2.45) is 22.5 Å². The van der Waals surface area contributed by atoms with Crippen molar-refractivity contribution in [3.05, 3.63) is 0 Å². The summed E-state index contributed by atoms with van der Waals surface area (Å²) in [5.74, 6) is 0.0110. The molecule has 0 aliphatic heterocycles. The molecule has 1 rings (SSSR count). The summed E-state index contributed by atoms with van der Waals surface area (Å²) in [6.07, 6.45) is 0. The standard InChI is InChI=1S/C9H16N2O2/c1-5-8(2,3)9(5,4)6(12)11-7(10)13/h5H,1-4H3,(H3,10,11,12,13). The van der Waals surface area contributed by atoms with E-state index in [-0.39, 0.29) is 17.2 Å². The lowest BCUT2D eigenvalue weighted by Crippen LogP contribution is -2.40. The fourth-order valence-electron chi connectivity index (χ4n) is 2.01. The molecule has 0 aromatic heterocycles. The summed E-state index contributed by atoms with van der Waals surface area (Å²) in [5.41, 5.74) is 4.38. The number of nitrogens with one attached hydrogen (secondary N) is 1. The third-order valence-electron chi connectivity index (χ3n) is 3.91. The van der Waals surface area contributed by atoms with E-state index in [1.165, 1.54) is 0 Å². The summed E-state index contributed by atoms with van der Waals surface area (Å²) in [5, 5.41) is 2.13. The minimum Gasteiger partial charge on any atom is -0.351 e. The highest BCUT2D eigenvalue weighted by atomic mass is 16.2. The van der Waals surface area contributed by atoms with Gasteiger partial charge in [0.1, 0.15) is 0 Å². The van der Waals surface area contributed by atoms with Crippen molar-refractivity contribution in [2.75, 3.05) is 0 Å². The van der Waals surface area contributed by atoms with Crippen LogP contribution in [0.2, 0.25) is 0 Å². The molecule has 0 saturated heterocycles. The van der Waals surface area contributed by atoms with Crippen LogP contribution < -0.4 is 11.1 Å². The third-order valence-corrected chi connectivity index (χ3v) is 3.91. The van der Waals surface area contributed by atoms with E-state index < -0.39 is 11.4 Å². The Morgan fingerprint density at radius 1 is 1.31 bits per heavy atom. The maximum Gasteiger partial charge on any atom is 0.318 e. The molecule has 1 fully saturated rings. The van der Waals surface area contributed by atoms with Crippen LogP contribution in [-0.4, -0.2) is 11.9 Å². The van der Waals surface area contributed by atoms with Crippen LogP contribution in [0.5, 0.6) is 0 Å². The lowest BCUT2D eigenvalue weighted by atomic mass is 9.97. The average Bonchev–Trinajstić information content (AvgIpc) is 2.35. The third kappa shape index (κ3) is 1.12. The first-order valence-corrected chi connectivity index (χ1v) is 4.35. The molecule has 0 aromatic rings. The zero-order valence-corrected chi connectivity index (χ0v) is 8.47. The number of imide groups is 1. The smallest absolute Gasteiger partial charge is 0.318 e. The Kier molecular flexibility index (Phi) is 1.90. The van der Waals surface area contributed by atoms with Crippen LogP contribution in [0.1, 0.15) is 27.7 Å². The van der Waals surface area contributed by atoms with E-state index in [4.69, 9.17) is 5.73 Å². The molecular formula is C9H16N2O2. The molecule has 4 heteroatoms. The average molecular weight is 184 g/mol. The van der Waals surface area contributed by atoms with Crippen molar-refractivity contribution in [1.29, 1.82) is 0 Å². The molecule has 3 N–H and O–H groups in total. The molecule has 0 bridgehead atoms. The molecule has 3 amide bonds. The lowest BCUT2D eigenvalue weighted by Gasteiger charge is -2.12. The van der Waals surface area contributed by atoms with Crippen LogP contribution in [0.15, 0.2) is 0 Å². The predicted octanol–water partition coefficient (Wildman–Crippen LogP) is 0.864. The Hall–Kier alpha value is -1.06. The number of amides is 3. The van der Waals surface area contributed by atoms with E-state index in [1.807, 2.05) is 27.7 Å². The first-order valence-electron chi connectivity index (χ1n) is 4.35. The van der Waals surface area contributed by atoms with Gasteiger partial charge in [0.2, 0.25) is 5.91 Å². The molecule has 1 aliphatic rings. The second kappa shape index (κ2) is 2.47. The molecular weight excluding hydrogens is 168 g/mol. The zero-order chi connectivity index (χ0) is 10.4. The molecule has 0 spiro atoms. The summed E-state index contributed by atoms with van der Waals surface area (Å²) in [6, 6.07) is -0.777. The first kappa shape index (κ1) is 10.0. The Bertz CT molecular complexity index is 273. The van der Waals surface area contributed by atoms with Gasteiger partial charge in [0, 0.05) is 0 Å². The van der Waals surface area contributed by atoms with Gasteiger partial charge in [-0.1, -0.05) is 20.8 Å². The molecule has 13 heavy (non-hydrogen) atoms. The Morgan fingerprint density at radius 2 is 1.69 bits per heavy atom. The van der Waals surface area contributed by atoms with Crippen LogP contribution in [-0.2, 0) is 4.79 Å². The van der Waals surface area contributed by atoms with E-state index in [1.54, 1.807) is 0 Å². The maximum atomic E-state index is 11.6. The highest BCUT2D eigenvalue weighted by Gasteiger charge is 2.69. The molecule has 0 aromatic carbocycles. The molecule has 2 unspecified atom stereocenters. The molecule has 1 aliphatic carbocycles. The fourth-order valence-corrected chi connectivity index (χ4v) is 2.01. The van der Waals surface area contributed by atoms with Gasteiger partial charge in [0.25, 0.3) is 0 Å². The van der Waals surface area contributed by atoms with E-state index in [2.05, 4.69) is 5.32 Å². The van der Waals surface area contributed by atoms with Gasteiger partial charge >= 0.3 is 6.03 Å². The molecule has 0 heterocycles. The number of hydrogen-bond acceptors (Lipinski definition) is 2. The van der Waals surface area contributed by atoms with Gasteiger partial charge in [-0.2, -0.15) is 0 Å². The molecule has 74 valence electrons. The quantitative estimate of drug-likeness (QED) is 0.634. The number of primary amides is 1. The molecule has 4 nitrogen and oxygen atoms in total. The summed E-state index contributed by atoms with van der Waals surface area (Å²) >= 11 is 0. The highest BCUT2D eigenvalue weighted by molar-refractivity contribution is 5.98. The van der Waals surface area contributed by atoms with Crippen LogP contribution >= 0.6 is 0 Å². The number of hydrogen-bond donors (Lipinski definition) is 2. The van der Waals surface area contributed by atoms with Gasteiger partial charge in [0.05, 0.1) is 5.41 Å². The van der Waals surface area contributed by atoms with Crippen LogP contribution in [0.4, 0.5) is 4.79 Å². The van der Waals surface area contributed by atoms with Crippen LogP contribution in [0, 0.1) is 16.7 Å². The van der Waals surface area contributed by atoms with E-state index >= 15 is 0 Å². The van der Waals surface area contributed by atoms with Crippen molar-refractivity contribution in [3.8, 4) is 0 Å². The monoisotopic (exact) mass is 184 g/mol. The number of urea groups is 1.